The molecule has 0 saturated carbocycles. The molecule has 2 aromatic rings. The van der Waals surface area contributed by atoms with Crippen LogP contribution in [-0.2, 0) is 21.5 Å². The molecule has 2 heterocycles. The maximum Gasteiger partial charge on any atom is 0.325 e. The molecular formula is C24H25ClN4O3. The number of halogens is 1. The summed E-state index contributed by atoms with van der Waals surface area (Å²) in [5, 5.41) is 6.24. The predicted molar refractivity (Wildman–Crippen MR) is 123 cm³/mol. The molecule has 1 atom stereocenters. The van der Waals surface area contributed by atoms with Crippen LogP contribution in [0.25, 0.3) is 0 Å². The van der Waals surface area contributed by atoms with Crippen molar-refractivity contribution in [2.75, 3.05) is 29.9 Å². The van der Waals surface area contributed by atoms with Gasteiger partial charge in [-0.2, -0.15) is 0 Å². The molecule has 3 aliphatic rings. The van der Waals surface area contributed by atoms with E-state index in [2.05, 4.69) is 15.5 Å². The Hall–Kier alpha value is -3.06. The molecule has 0 radical (unpaired) electrons. The molecule has 2 fully saturated rings. The largest absolute Gasteiger partial charge is 0.370 e. The van der Waals surface area contributed by atoms with Crippen molar-refractivity contribution in [2.24, 2.45) is 0 Å². The number of rotatable bonds is 4. The molecule has 1 aliphatic carbocycles. The number of hydrogen-bond acceptors (Lipinski definition) is 4. The number of amides is 4. The maximum atomic E-state index is 13.3. The zero-order chi connectivity index (χ0) is 22.3. The van der Waals surface area contributed by atoms with Gasteiger partial charge >= 0.3 is 6.03 Å². The van der Waals surface area contributed by atoms with E-state index < -0.39 is 17.5 Å². The van der Waals surface area contributed by atoms with Gasteiger partial charge in [0.2, 0.25) is 5.91 Å². The Bertz CT molecular complexity index is 1100. The number of anilines is 2. The van der Waals surface area contributed by atoms with E-state index in [4.69, 9.17) is 11.6 Å². The Morgan fingerprint density at radius 2 is 1.88 bits per heavy atom. The average Bonchev–Trinajstić information content (AvgIpc) is 3.28. The molecule has 0 aromatic heterocycles. The van der Waals surface area contributed by atoms with Crippen molar-refractivity contribution in [1.82, 2.24) is 10.2 Å². The summed E-state index contributed by atoms with van der Waals surface area (Å²) >= 11 is 6.19. The lowest BCUT2D eigenvalue weighted by Crippen LogP contribution is -2.43. The predicted octanol–water partition coefficient (Wildman–Crippen LogP) is 3.66. The second kappa shape index (κ2) is 8.13. The maximum absolute atomic E-state index is 13.3. The number of benzene rings is 2. The first-order valence-electron chi connectivity index (χ1n) is 11.0. The Labute approximate surface area is 191 Å². The van der Waals surface area contributed by atoms with E-state index >= 15 is 0 Å². The molecule has 32 heavy (non-hydrogen) atoms. The van der Waals surface area contributed by atoms with Crippen molar-refractivity contribution >= 4 is 40.8 Å². The number of carbonyl (C=O) groups is 3. The van der Waals surface area contributed by atoms with E-state index in [1.54, 1.807) is 12.1 Å². The summed E-state index contributed by atoms with van der Waals surface area (Å²) in [7, 11) is 0. The Balaban J connectivity index is 1.34. The minimum atomic E-state index is -1.07. The fourth-order valence-electron chi connectivity index (χ4n) is 5.09. The topological polar surface area (TPSA) is 81.8 Å². The summed E-state index contributed by atoms with van der Waals surface area (Å²) in [6, 6.07) is 12.5. The summed E-state index contributed by atoms with van der Waals surface area (Å²) in [5.41, 5.74) is 2.31. The van der Waals surface area contributed by atoms with Crippen LogP contribution in [0.4, 0.5) is 16.2 Å². The molecule has 0 unspecified atom stereocenters. The standard InChI is InChI=1S/C24H25ClN4O3/c25-17-8-9-20(28-12-4-1-5-13-28)19(14-17)26-21(30)15-29-22(31)24(27-23(29)32)11-10-16-6-2-3-7-18(16)24/h2-3,6-9,14H,1,4-5,10-13,15H2,(H,26,30)(H,27,32)/t24-/m1/s1. The van der Waals surface area contributed by atoms with Crippen molar-refractivity contribution in [3.63, 3.8) is 0 Å². The molecule has 166 valence electrons. The van der Waals surface area contributed by atoms with Gasteiger partial charge in [-0.25, -0.2) is 4.79 Å². The minimum Gasteiger partial charge on any atom is -0.370 e. The highest BCUT2D eigenvalue weighted by atomic mass is 35.5. The highest BCUT2D eigenvalue weighted by molar-refractivity contribution is 6.31. The van der Waals surface area contributed by atoms with Crippen LogP contribution < -0.4 is 15.5 Å². The number of fused-ring (bicyclic) bond motifs is 2. The van der Waals surface area contributed by atoms with Gasteiger partial charge in [0, 0.05) is 18.1 Å². The van der Waals surface area contributed by atoms with Crippen LogP contribution in [0.5, 0.6) is 0 Å². The molecule has 1 spiro atoms. The number of nitrogens with zero attached hydrogens (tertiary/aromatic N) is 2. The van der Waals surface area contributed by atoms with Crippen LogP contribution in [0.15, 0.2) is 42.5 Å². The lowest BCUT2D eigenvalue weighted by molar-refractivity contribution is -0.134. The van der Waals surface area contributed by atoms with Gasteiger partial charge in [0.05, 0.1) is 11.4 Å². The third kappa shape index (κ3) is 3.50. The molecule has 0 bridgehead atoms. The second-order valence-corrected chi connectivity index (χ2v) is 9.08. The van der Waals surface area contributed by atoms with Gasteiger partial charge in [0.25, 0.3) is 5.91 Å². The first-order valence-corrected chi connectivity index (χ1v) is 11.4. The number of hydrogen-bond donors (Lipinski definition) is 2. The van der Waals surface area contributed by atoms with E-state index in [1.165, 1.54) is 6.42 Å². The van der Waals surface area contributed by atoms with Gasteiger partial charge < -0.3 is 15.5 Å². The zero-order valence-corrected chi connectivity index (χ0v) is 18.5. The van der Waals surface area contributed by atoms with E-state index in [-0.39, 0.29) is 12.5 Å². The first-order chi connectivity index (χ1) is 15.5. The number of aryl methyl sites for hydroxylation is 1. The summed E-state index contributed by atoms with van der Waals surface area (Å²) in [5.74, 6) is -0.803. The Morgan fingerprint density at radius 1 is 1.09 bits per heavy atom. The van der Waals surface area contributed by atoms with Crippen molar-refractivity contribution in [2.45, 2.75) is 37.6 Å². The van der Waals surface area contributed by atoms with Crippen LogP contribution in [0.3, 0.4) is 0 Å². The monoisotopic (exact) mass is 452 g/mol. The highest BCUT2D eigenvalue weighted by Crippen LogP contribution is 2.41. The van der Waals surface area contributed by atoms with Gasteiger partial charge in [-0.05, 0) is 61.4 Å². The summed E-state index contributed by atoms with van der Waals surface area (Å²) in [4.78, 5) is 42.1. The molecule has 8 heteroatoms. The SMILES string of the molecule is O=C(CN1C(=O)N[C@@]2(CCc3ccccc32)C1=O)Nc1cc(Cl)ccc1N1CCCCC1. The number of carbonyl (C=O) groups excluding carboxylic acids is 3. The summed E-state index contributed by atoms with van der Waals surface area (Å²) in [6.07, 6.45) is 4.61. The molecule has 2 saturated heterocycles. The highest BCUT2D eigenvalue weighted by Gasteiger charge is 2.55. The number of nitrogens with one attached hydrogen (secondary N) is 2. The van der Waals surface area contributed by atoms with Crippen molar-refractivity contribution < 1.29 is 14.4 Å². The zero-order valence-electron chi connectivity index (χ0n) is 17.7. The molecule has 2 aliphatic heterocycles. The molecule has 2 N–H and O–H groups in total. The van der Waals surface area contributed by atoms with Gasteiger partial charge in [-0.3, -0.25) is 14.5 Å². The normalized spacial score (nSPS) is 22.3. The van der Waals surface area contributed by atoms with Crippen LogP contribution in [0.1, 0.15) is 36.8 Å². The average molecular weight is 453 g/mol. The van der Waals surface area contributed by atoms with Crippen molar-refractivity contribution in [3.8, 4) is 0 Å². The minimum absolute atomic E-state index is 0.347. The Morgan fingerprint density at radius 3 is 2.69 bits per heavy atom. The number of urea groups is 1. The van der Waals surface area contributed by atoms with Gasteiger partial charge in [-0.1, -0.05) is 35.9 Å². The summed E-state index contributed by atoms with van der Waals surface area (Å²) in [6.45, 7) is 1.49. The van der Waals surface area contributed by atoms with Gasteiger partial charge in [-0.15, -0.1) is 0 Å². The third-order valence-electron chi connectivity index (χ3n) is 6.65. The van der Waals surface area contributed by atoms with Crippen LogP contribution >= 0.6 is 11.6 Å². The summed E-state index contributed by atoms with van der Waals surface area (Å²) < 4.78 is 0. The smallest absolute Gasteiger partial charge is 0.325 e. The molecule has 5 rings (SSSR count). The van der Waals surface area contributed by atoms with E-state index in [0.717, 1.165) is 47.6 Å². The lowest BCUT2D eigenvalue weighted by atomic mass is 9.92. The van der Waals surface area contributed by atoms with Crippen molar-refractivity contribution in [3.05, 3.63) is 58.6 Å². The van der Waals surface area contributed by atoms with Crippen LogP contribution in [0.2, 0.25) is 5.02 Å². The fraction of sp³-hybridized carbons (Fsp3) is 0.375. The molecule has 4 amide bonds. The molecule has 2 aromatic carbocycles. The van der Waals surface area contributed by atoms with E-state index in [1.807, 2.05) is 30.3 Å². The fourth-order valence-corrected chi connectivity index (χ4v) is 5.26. The van der Waals surface area contributed by atoms with Gasteiger partial charge in [0.1, 0.15) is 12.1 Å². The number of imide groups is 1. The van der Waals surface area contributed by atoms with Crippen LogP contribution in [-0.4, -0.2) is 42.4 Å². The lowest BCUT2D eigenvalue weighted by Gasteiger charge is -2.30. The quantitative estimate of drug-likeness (QED) is 0.693. The van der Waals surface area contributed by atoms with Crippen LogP contribution in [0, 0.1) is 0 Å². The second-order valence-electron chi connectivity index (χ2n) is 8.64. The first kappa shape index (κ1) is 20.8. The molecular weight excluding hydrogens is 428 g/mol. The molecule has 7 nitrogen and oxygen atoms in total. The number of piperidine rings is 1. The Kier molecular flexibility index (Phi) is 5.29. The van der Waals surface area contributed by atoms with Gasteiger partial charge in [0.15, 0.2) is 0 Å². The van der Waals surface area contributed by atoms with Crippen molar-refractivity contribution in [1.29, 1.82) is 0 Å². The van der Waals surface area contributed by atoms with E-state index in [0.29, 0.717) is 23.6 Å². The third-order valence-corrected chi connectivity index (χ3v) is 6.89. The van der Waals surface area contributed by atoms with E-state index in [9.17, 15) is 14.4 Å².